The number of nitrogens with zero attached hydrogens (tertiary/aromatic N) is 1. The molecule has 0 bridgehead atoms. The molecule has 0 aliphatic carbocycles. The van der Waals surface area contributed by atoms with Gasteiger partial charge >= 0.3 is 0 Å². The molecule has 0 radical (unpaired) electrons. The van der Waals surface area contributed by atoms with Gasteiger partial charge in [-0.25, -0.2) is 8.42 Å². The van der Waals surface area contributed by atoms with Crippen LogP contribution in [0.4, 0.5) is 5.69 Å². The molecule has 1 aliphatic heterocycles. The van der Waals surface area contributed by atoms with Gasteiger partial charge in [0.05, 0.1) is 6.04 Å². The summed E-state index contributed by atoms with van der Waals surface area (Å²) < 4.78 is 26.9. The predicted octanol–water partition coefficient (Wildman–Crippen LogP) is -0.802. The van der Waals surface area contributed by atoms with Crippen molar-refractivity contribution < 1.29 is 13.2 Å². The lowest BCUT2D eigenvalue weighted by molar-refractivity contribution is -0.120. The summed E-state index contributed by atoms with van der Waals surface area (Å²) in [6.45, 7) is 0.330. The first-order valence-corrected chi connectivity index (χ1v) is 9.55. The molecule has 8 N–H and O–H groups in total. The Bertz CT molecular complexity index is 745. The Morgan fingerprint density at radius 2 is 2.08 bits per heavy atom. The molecule has 1 aliphatic rings. The van der Waals surface area contributed by atoms with Crippen LogP contribution in [0.3, 0.4) is 0 Å². The van der Waals surface area contributed by atoms with Crippen molar-refractivity contribution in [3.63, 3.8) is 0 Å². The Morgan fingerprint density at radius 1 is 1.36 bits per heavy atom. The second-order valence-electron chi connectivity index (χ2n) is 5.90. The minimum Gasteiger partial charge on any atom is -0.370 e. The van der Waals surface area contributed by atoms with E-state index in [1.807, 2.05) is 24.3 Å². The van der Waals surface area contributed by atoms with Gasteiger partial charge in [-0.1, -0.05) is 18.2 Å². The van der Waals surface area contributed by atoms with Crippen molar-refractivity contribution in [3.05, 3.63) is 29.8 Å². The number of rotatable bonds is 7. The maximum Gasteiger partial charge on any atom is 0.256 e. The zero-order chi connectivity index (χ0) is 18.4. The number of nitrogens with two attached hydrogens (primary N) is 3. The summed E-state index contributed by atoms with van der Waals surface area (Å²) in [5, 5.41) is 2.08. The van der Waals surface area contributed by atoms with E-state index in [9.17, 15) is 13.2 Å². The van der Waals surface area contributed by atoms with Crippen molar-refractivity contribution in [2.75, 3.05) is 11.9 Å². The van der Waals surface area contributed by atoms with E-state index in [1.165, 1.54) is 0 Å². The quantitative estimate of drug-likeness (QED) is 0.238. The normalized spacial score (nSPS) is 17.7. The summed E-state index contributed by atoms with van der Waals surface area (Å²) in [7, 11) is -3.87. The fourth-order valence-electron chi connectivity index (χ4n) is 2.58. The van der Waals surface area contributed by atoms with Crippen LogP contribution < -0.4 is 27.2 Å². The molecule has 10 heteroatoms. The Kier molecular flexibility index (Phi) is 6.21. The van der Waals surface area contributed by atoms with Gasteiger partial charge in [0.2, 0.25) is 5.91 Å². The number of hydrogen-bond donors (Lipinski definition) is 5. The molecule has 0 saturated carbocycles. The predicted molar refractivity (Wildman–Crippen MR) is 97.1 cm³/mol. The molecule has 1 unspecified atom stereocenters. The van der Waals surface area contributed by atoms with Crippen molar-refractivity contribution >= 4 is 27.6 Å². The number of carbonyl (C=O) groups is 1. The first-order chi connectivity index (χ1) is 11.8. The third-order valence-corrected chi connectivity index (χ3v) is 5.52. The number of amides is 1. The fraction of sp³-hybridized carbons (Fsp3) is 0.467. The Hall–Kier alpha value is -2.33. The number of benzene rings is 1. The number of aliphatic imine (C=N–C) groups is 1. The summed E-state index contributed by atoms with van der Waals surface area (Å²) in [5.74, 6) is -0.769. The largest absolute Gasteiger partial charge is 0.370 e. The first kappa shape index (κ1) is 19.0. The standard InChI is InChI=1S/C15H24N6O3S/c16-11(5-3-9-19-15(17)18)14(22)21-25(23,24)13-8-7-10-4-1-2-6-12(10)20-13/h1-2,4,6,11,13,20H,3,5,7-9,16H2,(H,21,22)(H4,17,18,19)/t11-,13?/m0/s1. The SMILES string of the molecule is NC(N)=NCCC[C@H](N)C(=O)NS(=O)(=O)C1CCc2ccccc2N1. The van der Waals surface area contributed by atoms with Crippen LogP contribution in [0.1, 0.15) is 24.8 Å². The average Bonchev–Trinajstić information content (AvgIpc) is 2.57. The van der Waals surface area contributed by atoms with Gasteiger partial charge in [-0.3, -0.25) is 14.5 Å². The highest BCUT2D eigenvalue weighted by Gasteiger charge is 2.31. The highest BCUT2D eigenvalue weighted by Crippen LogP contribution is 2.26. The monoisotopic (exact) mass is 368 g/mol. The van der Waals surface area contributed by atoms with Crippen molar-refractivity contribution in [3.8, 4) is 0 Å². The Morgan fingerprint density at radius 3 is 2.80 bits per heavy atom. The van der Waals surface area contributed by atoms with Crippen LogP contribution in [0, 0.1) is 0 Å². The Labute approximate surface area is 147 Å². The van der Waals surface area contributed by atoms with Crippen LogP contribution in [0.5, 0.6) is 0 Å². The van der Waals surface area contributed by atoms with Gasteiger partial charge in [0, 0.05) is 12.2 Å². The molecule has 0 spiro atoms. The van der Waals surface area contributed by atoms with Crippen LogP contribution >= 0.6 is 0 Å². The van der Waals surface area contributed by atoms with Crippen molar-refractivity contribution in [1.29, 1.82) is 0 Å². The van der Waals surface area contributed by atoms with Crippen LogP contribution in [-0.2, 0) is 21.2 Å². The third kappa shape index (κ3) is 5.33. The molecule has 1 aromatic rings. The summed E-state index contributed by atoms with van der Waals surface area (Å²) >= 11 is 0. The zero-order valence-corrected chi connectivity index (χ0v) is 14.6. The van der Waals surface area contributed by atoms with Crippen LogP contribution in [0.2, 0.25) is 0 Å². The van der Waals surface area contributed by atoms with Gasteiger partial charge in [-0.05, 0) is 37.3 Å². The van der Waals surface area contributed by atoms with Gasteiger partial charge < -0.3 is 22.5 Å². The van der Waals surface area contributed by atoms with Crippen LogP contribution in [0.25, 0.3) is 0 Å². The number of nitrogens with one attached hydrogen (secondary N) is 2. The molecule has 25 heavy (non-hydrogen) atoms. The van der Waals surface area contributed by atoms with Gasteiger partial charge in [0.1, 0.15) is 5.37 Å². The minimum absolute atomic E-state index is 0.0377. The topological polar surface area (TPSA) is 166 Å². The molecule has 9 nitrogen and oxygen atoms in total. The van der Waals surface area contributed by atoms with Gasteiger partial charge in [-0.2, -0.15) is 0 Å². The van der Waals surface area contributed by atoms with E-state index in [0.717, 1.165) is 11.3 Å². The zero-order valence-electron chi connectivity index (χ0n) is 13.8. The van der Waals surface area contributed by atoms with Gasteiger partial charge in [0.15, 0.2) is 5.96 Å². The summed E-state index contributed by atoms with van der Waals surface area (Å²) in [6, 6.07) is 6.54. The molecule has 1 aromatic carbocycles. The summed E-state index contributed by atoms with van der Waals surface area (Å²) in [6.07, 6.45) is 1.74. The number of fused-ring (bicyclic) bond motifs is 1. The molecular weight excluding hydrogens is 344 g/mol. The van der Waals surface area contributed by atoms with E-state index in [4.69, 9.17) is 17.2 Å². The van der Waals surface area contributed by atoms with Crippen molar-refractivity contribution in [2.24, 2.45) is 22.2 Å². The summed E-state index contributed by atoms with van der Waals surface area (Å²) in [5.41, 5.74) is 18.0. The number of aryl methyl sites for hydroxylation is 1. The lowest BCUT2D eigenvalue weighted by Crippen LogP contribution is -2.49. The number of hydrogen-bond acceptors (Lipinski definition) is 6. The number of para-hydroxylation sites is 1. The molecule has 0 saturated heterocycles. The molecule has 138 valence electrons. The molecule has 0 aromatic heterocycles. The smallest absolute Gasteiger partial charge is 0.256 e. The molecule has 1 heterocycles. The second-order valence-corrected chi connectivity index (χ2v) is 7.76. The molecule has 1 amide bonds. The summed E-state index contributed by atoms with van der Waals surface area (Å²) in [4.78, 5) is 15.8. The lowest BCUT2D eigenvalue weighted by atomic mass is 10.0. The highest BCUT2D eigenvalue weighted by atomic mass is 32.2. The van der Waals surface area contributed by atoms with Crippen molar-refractivity contribution in [2.45, 2.75) is 37.1 Å². The average molecular weight is 368 g/mol. The van der Waals surface area contributed by atoms with Gasteiger partial charge in [-0.15, -0.1) is 0 Å². The third-order valence-electron chi connectivity index (χ3n) is 3.93. The number of sulfonamides is 1. The number of guanidine groups is 1. The van der Waals surface area contributed by atoms with E-state index in [-0.39, 0.29) is 12.4 Å². The Balaban J connectivity index is 1.90. The van der Waals surface area contributed by atoms with E-state index in [1.54, 1.807) is 0 Å². The van der Waals surface area contributed by atoms with Crippen LogP contribution in [0.15, 0.2) is 29.3 Å². The van der Waals surface area contributed by atoms with Crippen LogP contribution in [-0.4, -0.2) is 38.2 Å². The number of carbonyl (C=O) groups excluding carboxylic acids is 1. The second kappa shape index (κ2) is 8.17. The van der Waals surface area contributed by atoms with Crippen molar-refractivity contribution in [1.82, 2.24) is 4.72 Å². The van der Waals surface area contributed by atoms with E-state index in [0.29, 0.717) is 25.8 Å². The molecule has 0 fully saturated rings. The maximum atomic E-state index is 12.4. The number of anilines is 1. The van der Waals surface area contributed by atoms with Gasteiger partial charge in [0.25, 0.3) is 10.0 Å². The minimum atomic E-state index is -3.87. The molecular formula is C15H24N6O3S. The van der Waals surface area contributed by atoms with E-state index in [2.05, 4.69) is 15.0 Å². The molecule has 2 atom stereocenters. The fourth-order valence-corrected chi connectivity index (χ4v) is 3.87. The maximum absolute atomic E-state index is 12.4. The lowest BCUT2D eigenvalue weighted by Gasteiger charge is -2.27. The highest BCUT2D eigenvalue weighted by molar-refractivity contribution is 7.90. The first-order valence-electron chi connectivity index (χ1n) is 8.00. The van der Waals surface area contributed by atoms with E-state index < -0.39 is 27.3 Å². The van der Waals surface area contributed by atoms with E-state index >= 15 is 0 Å². The molecule has 2 rings (SSSR count).